The average Bonchev–Trinajstić information content (AvgIpc) is 2.53. The Morgan fingerprint density at radius 3 is 2.58 bits per heavy atom. The van der Waals surface area contributed by atoms with Gasteiger partial charge in [-0.3, -0.25) is 9.59 Å². The minimum absolute atomic E-state index is 0.0982. The normalized spacial score (nSPS) is 11.5. The van der Waals surface area contributed by atoms with Crippen molar-refractivity contribution < 1.29 is 19.6 Å². The molecule has 1 rings (SSSR count). The van der Waals surface area contributed by atoms with E-state index in [1.807, 2.05) is 0 Å². The predicted octanol–water partition coefficient (Wildman–Crippen LogP) is 1.07. The lowest BCUT2D eigenvalue weighted by Crippen LogP contribution is -2.51. The summed E-state index contributed by atoms with van der Waals surface area (Å²) in [5.41, 5.74) is 0.606. The second-order valence-electron chi connectivity index (χ2n) is 5.08. The number of nitrogens with zero attached hydrogens (tertiary/aromatic N) is 1. The van der Waals surface area contributed by atoms with E-state index in [0.717, 1.165) is 6.08 Å². The molecule has 0 unspecified atom stereocenters. The van der Waals surface area contributed by atoms with Gasteiger partial charge in [0.1, 0.15) is 0 Å². The number of hydrogen-bond donors (Lipinski definition) is 3. The van der Waals surface area contributed by atoms with Crippen molar-refractivity contribution in [2.45, 2.75) is 19.3 Å². The summed E-state index contributed by atoms with van der Waals surface area (Å²) >= 11 is 11.9. The highest BCUT2D eigenvalue weighted by Gasteiger charge is 2.27. The number of likely N-dealkylation sites (N-methyl/N-ethyl adjacent to an activating group) is 1. The van der Waals surface area contributed by atoms with E-state index in [4.69, 9.17) is 23.2 Å². The number of amides is 2. The first-order valence-electron chi connectivity index (χ1n) is 7.29. The third-order valence-corrected chi connectivity index (χ3v) is 3.95. The molecule has 6 nitrogen and oxygen atoms in total. The van der Waals surface area contributed by atoms with E-state index in [-0.39, 0.29) is 18.9 Å². The SMILES string of the molecule is C=CC(=O)N(CC)CC(=O)N[C@@H](Cc1ccc(Cl)cc1Cl)B(O)O. The Morgan fingerprint density at radius 2 is 2.08 bits per heavy atom. The molecule has 0 aliphatic heterocycles. The van der Waals surface area contributed by atoms with Crippen molar-refractivity contribution in [1.29, 1.82) is 0 Å². The highest BCUT2D eigenvalue weighted by molar-refractivity contribution is 6.43. The molecule has 0 aliphatic carbocycles. The molecule has 0 spiro atoms. The Kier molecular flexibility index (Phi) is 8.28. The van der Waals surface area contributed by atoms with E-state index >= 15 is 0 Å². The summed E-state index contributed by atoms with van der Waals surface area (Å²) < 4.78 is 0. The van der Waals surface area contributed by atoms with Crippen molar-refractivity contribution in [3.8, 4) is 0 Å². The van der Waals surface area contributed by atoms with Gasteiger partial charge < -0.3 is 20.3 Å². The Hall–Kier alpha value is -1.54. The maximum Gasteiger partial charge on any atom is 0.475 e. The molecule has 0 aromatic heterocycles. The van der Waals surface area contributed by atoms with Gasteiger partial charge in [0.15, 0.2) is 0 Å². The van der Waals surface area contributed by atoms with Crippen LogP contribution in [0.25, 0.3) is 0 Å². The van der Waals surface area contributed by atoms with E-state index in [1.54, 1.807) is 19.1 Å². The fourth-order valence-corrected chi connectivity index (χ4v) is 2.54. The molecule has 0 heterocycles. The number of carbonyl (C=O) groups is 2. The summed E-state index contributed by atoms with van der Waals surface area (Å²) in [4.78, 5) is 24.9. The van der Waals surface area contributed by atoms with Crippen LogP contribution in [-0.4, -0.2) is 52.9 Å². The smallest absolute Gasteiger partial charge is 0.426 e. The Morgan fingerprint density at radius 1 is 1.42 bits per heavy atom. The van der Waals surface area contributed by atoms with E-state index in [1.165, 1.54) is 11.0 Å². The van der Waals surface area contributed by atoms with Crippen LogP contribution >= 0.6 is 23.2 Å². The van der Waals surface area contributed by atoms with Crippen LogP contribution in [-0.2, 0) is 16.0 Å². The third-order valence-electron chi connectivity index (χ3n) is 3.36. The Balaban J connectivity index is 2.77. The molecule has 0 aliphatic rings. The second kappa shape index (κ2) is 9.69. The molecule has 1 aromatic carbocycles. The molecule has 130 valence electrons. The van der Waals surface area contributed by atoms with Crippen LogP contribution in [0.3, 0.4) is 0 Å². The van der Waals surface area contributed by atoms with Crippen LogP contribution in [0.1, 0.15) is 12.5 Å². The van der Waals surface area contributed by atoms with Crippen molar-refractivity contribution in [3.05, 3.63) is 46.5 Å². The maximum absolute atomic E-state index is 12.1. The molecule has 3 N–H and O–H groups in total. The number of carbonyl (C=O) groups excluding carboxylic acids is 2. The van der Waals surface area contributed by atoms with Crippen LogP contribution < -0.4 is 5.32 Å². The minimum Gasteiger partial charge on any atom is -0.426 e. The topological polar surface area (TPSA) is 89.9 Å². The van der Waals surface area contributed by atoms with Gasteiger partial charge in [-0.25, -0.2) is 0 Å². The molecule has 0 bridgehead atoms. The lowest BCUT2D eigenvalue weighted by molar-refractivity contribution is -0.132. The largest absolute Gasteiger partial charge is 0.475 e. The lowest BCUT2D eigenvalue weighted by atomic mass is 9.76. The molecule has 24 heavy (non-hydrogen) atoms. The molecular weight excluding hydrogens is 354 g/mol. The zero-order valence-electron chi connectivity index (χ0n) is 13.2. The van der Waals surface area contributed by atoms with Gasteiger partial charge >= 0.3 is 7.12 Å². The van der Waals surface area contributed by atoms with Gasteiger partial charge in [-0.2, -0.15) is 0 Å². The summed E-state index contributed by atoms with van der Waals surface area (Å²) in [7, 11) is -1.79. The van der Waals surface area contributed by atoms with Crippen molar-refractivity contribution >= 4 is 42.1 Å². The number of halogens is 2. The Bertz CT molecular complexity index is 613. The third kappa shape index (κ3) is 6.16. The first kappa shape index (κ1) is 20.5. The Labute approximate surface area is 151 Å². The highest BCUT2D eigenvalue weighted by Crippen LogP contribution is 2.22. The summed E-state index contributed by atoms with van der Waals surface area (Å²) in [5, 5.41) is 22.3. The van der Waals surface area contributed by atoms with Gasteiger partial charge in [0.05, 0.1) is 12.5 Å². The van der Waals surface area contributed by atoms with Crippen molar-refractivity contribution in [1.82, 2.24) is 10.2 Å². The van der Waals surface area contributed by atoms with Crippen molar-refractivity contribution in [2.75, 3.05) is 13.1 Å². The van der Waals surface area contributed by atoms with E-state index in [9.17, 15) is 19.6 Å². The minimum atomic E-state index is -1.79. The van der Waals surface area contributed by atoms with Gasteiger partial charge in [-0.1, -0.05) is 35.8 Å². The first-order chi connectivity index (χ1) is 11.3. The van der Waals surface area contributed by atoms with Crippen LogP contribution in [0.4, 0.5) is 0 Å². The zero-order chi connectivity index (χ0) is 18.3. The zero-order valence-corrected chi connectivity index (χ0v) is 14.7. The molecule has 1 atom stereocenters. The van der Waals surface area contributed by atoms with Gasteiger partial charge in [0.2, 0.25) is 11.8 Å². The second-order valence-corrected chi connectivity index (χ2v) is 5.93. The summed E-state index contributed by atoms with van der Waals surface area (Å²) in [6.07, 6.45) is 1.21. The first-order valence-corrected chi connectivity index (χ1v) is 8.04. The van der Waals surface area contributed by atoms with Gasteiger partial charge in [-0.05, 0) is 37.1 Å². The van der Waals surface area contributed by atoms with E-state index < -0.39 is 19.0 Å². The highest BCUT2D eigenvalue weighted by atomic mass is 35.5. The molecular formula is C15H19BCl2N2O4. The van der Waals surface area contributed by atoms with Crippen LogP contribution in [0.2, 0.25) is 10.0 Å². The molecule has 0 saturated carbocycles. The summed E-state index contributed by atoms with van der Waals surface area (Å²) in [6, 6.07) is 4.79. The number of nitrogens with one attached hydrogen (secondary N) is 1. The van der Waals surface area contributed by atoms with Crippen molar-refractivity contribution in [3.63, 3.8) is 0 Å². The van der Waals surface area contributed by atoms with Crippen LogP contribution in [0.15, 0.2) is 30.9 Å². The fourth-order valence-electron chi connectivity index (χ4n) is 2.06. The number of benzene rings is 1. The van der Waals surface area contributed by atoms with E-state index in [2.05, 4.69) is 11.9 Å². The summed E-state index contributed by atoms with van der Waals surface area (Å²) in [5.74, 6) is -1.88. The number of hydrogen-bond acceptors (Lipinski definition) is 4. The quantitative estimate of drug-likeness (QED) is 0.470. The molecule has 0 fully saturated rings. The molecule has 1 aromatic rings. The van der Waals surface area contributed by atoms with Crippen LogP contribution in [0.5, 0.6) is 0 Å². The van der Waals surface area contributed by atoms with Crippen molar-refractivity contribution in [2.24, 2.45) is 0 Å². The average molecular weight is 373 g/mol. The molecule has 2 amide bonds. The lowest BCUT2D eigenvalue weighted by Gasteiger charge is -2.22. The van der Waals surface area contributed by atoms with Gasteiger partial charge in [0, 0.05) is 16.6 Å². The van der Waals surface area contributed by atoms with Gasteiger partial charge in [0.25, 0.3) is 0 Å². The van der Waals surface area contributed by atoms with Crippen LogP contribution in [0, 0.1) is 0 Å². The van der Waals surface area contributed by atoms with E-state index in [0.29, 0.717) is 22.2 Å². The monoisotopic (exact) mass is 372 g/mol. The fraction of sp³-hybridized carbons (Fsp3) is 0.333. The number of rotatable bonds is 8. The maximum atomic E-state index is 12.1. The molecule has 9 heteroatoms. The predicted molar refractivity (Wildman–Crippen MR) is 94.7 cm³/mol. The summed E-state index contributed by atoms with van der Waals surface area (Å²) in [6.45, 7) is 5.21. The molecule has 0 radical (unpaired) electrons. The van der Waals surface area contributed by atoms with Gasteiger partial charge in [-0.15, -0.1) is 0 Å². The standard InChI is InChI=1S/C15H19BCl2N2O4/c1-3-15(22)20(4-2)9-14(21)19-13(16(23)24)7-10-5-6-11(17)8-12(10)18/h3,5-6,8,13,23-24H,1,4,7,9H2,2H3,(H,19,21)/t13-/m0/s1. The molecule has 0 saturated heterocycles.